The van der Waals surface area contributed by atoms with Crippen molar-refractivity contribution in [3.63, 3.8) is 0 Å². The molecule has 0 aliphatic carbocycles. The molecule has 1 fully saturated rings. The number of thioether (sulfide) groups is 1. The van der Waals surface area contributed by atoms with Crippen molar-refractivity contribution >= 4 is 40.8 Å². The molecular weight excluding hydrogens is 255 g/mol. The Morgan fingerprint density at radius 2 is 2.20 bits per heavy atom. The van der Waals surface area contributed by atoms with Gasteiger partial charge in [0.05, 0.1) is 0 Å². The highest BCUT2D eigenvalue weighted by molar-refractivity contribution is 7.99. The quantitative estimate of drug-likeness (QED) is 0.819. The van der Waals surface area contributed by atoms with Crippen LogP contribution in [-0.4, -0.2) is 39.8 Å². The Hall–Kier alpha value is -0.260. The summed E-state index contributed by atoms with van der Waals surface area (Å²) in [6.07, 6.45) is 1.14. The highest BCUT2D eigenvalue weighted by Crippen LogP contribution is 2.28. The minimum Gasteiger partial charge on any atom is -0.353 e. The molecule has 15 heavy (non-hydrogen) atoms. The van der Waals surface area contributed by atoms with Gasteiger partial charge in [0.25, 0.3) is 0 Å². The van der Waals surface area contributed by atoms with Crippen LogP contribution in [0.3, 0.4) is 0 Å². The van der Waals surface area contributed by atoms with Gasteiger partial charge in [0, 0.05) is 18.8 Å². The van der Waals surface area contributed by atoms with Gasteiger partial charge in [-0.1, -0.05) is 11.6 Å². The van der Waals surface area contributed by atoms with Crippen molar-refractivity contribution in [3.05, 3.63) is 10.4 Å². The number of nitrogens with zero attached hydrogens (tertiary/aromatic N) is 4. The molecule has 2 heterocycles. The van der Waals surface area contributed by atoms with Gasteiger partial charge in [0.1, 0.15) is 0 Å². The Morgan fingerprint density at radius 3 is 2.87 bits per heavy atom. The third kappa shape index (κ3) is 2.46. The van der Waals surface area contributed by atoms with E-state index in [-0.39, 0.29) is 5.28 Å². The molecule has 7 heteroatoms. The van der Waals surface area contributed by atoms with Crippen molar-refractivity contribution in [1.29, 1.82) is 0 Å². The summed E-state index contributed by atoms with van der Waals surface area (Å²) < 4.78 is 0. The minimum absolute atomic E-state index is 0.131. The molecule has 1 aliphatic rings. The largest absolute Gasteiger partial charge is 0.353 e. The van der Waals surface area contributed by atoms with Crippen LogP contribution < -0.4 is 4.90 Å². The zero-order valence-electron chi connectivity index (χ0n) is 8.15. The van der Waals surface area contributed by atoms with E-state index in [1.54, 1.807) is 0 Å². The highest BCUT2D eigenvalue weighted by Gasteiger charge is 2.23. The van der Waals surface area contributed by atoms with E-state index in [4.69, 9.17) is 23.2 Å². The molecule has 1 atom stereocenters. The summed E-state index contributed by atoms with van der Waals surface area (Å²) in [7, 11) is 1.96. The fraction of sp³-hybridized carbons (Fsp3) is 0.625. The average molecular weight is 265 g/mol. The van der Waals surface area contributed by atoms with Gasteiger partial charge in [-0.2, -0.15) is 16.7 Å². The van der Waals surface area contributed by atoms with E-state index in [1.807, 2.05) is 23.7 Å². The second-order valence-corrected chi connectivity index (χ2v) is 5.17. The SMILES string of the molecule is CN(c1nc(Cl)nnc1Cl)C1CCSC1. The number of aromatic nitrogens is 3. The molecule has 1 saturated heterocycles. The predicted octanol–water partition coefficient (Wildman–Crippen LogP) is 2.12. The summed E-state index contributed by atoms with van der Waals surface area (Å²) in [6, 6.07) is 0.459. The van der Waals surface area contributed by atoms with Crippen LogP contribution in [0.4, 0.5) is 5.82 Å². The Bertz CT molecular complexity index is 356. The average Bonchev–Trinajstić information content (AvgIpc) is 2.74. The Labute approximate surface area is 102 Å². The first kappa shape index (κ1) is 11.2. The van der Waals surface area contributed by atoms with Gasteiger partial charge in [-0.3, -0.25) is 0 Å². The van der Waals surface area contributed by atoms with Crippen molar-refractivity contribution in [1.82, 2.24) is 15.2 Å². The number of hydrogen-bond acceptors (Lipinski definition) is 5. The van der Waals surface area contributed by atoms with Crippen LogP contribution in [0.15, 0.2) is 0 Å². The molecular formula is C8H10Cl2N4S. The van der Waals surface area contributed by atoms with E-state index in [2.05, 4.69) is 15.2 Å². The van der Waals surface area contributed by atoms with Gasteiger partial charge in [-0.05, 0) is 23.8 Å². The maximum absolute atomic E-state index is 5.93. The molecule has 0 radical (unpaired) electrons. The summed E-state index contributed by atoms with van der Waals surface area (Å²) in [4.78, 5) is 6.12. The fourth-order valence-electron chi connectivity index (χ4n) is 1.51. The highest BCUT2D eigenvalue weighted by atomic mass is 35.5. The van der Waals surface area contributed by atoms with E-state index in [0.29, 0.717) is 17.0 Å². The Morgan fingerprint density at radius 1 is 1.40 bits per heavy atom. The predicted molar refractivity (Wildman–Crippen MR) is 64.0 cm³/mol. The second-order valence-electron chi connectivity index (χ2n) is 3.32. The van der Waals surface area contributed by atoms with Gasteiger partial charge in [-0.15, -0.1) is 10.2 Å². The molecule has 0 saturated carbocycles. The van der Waals surface area contributed by atoms with Gasteiger partial charge in [-0.25, -0.2) is 0 Å². The van der Waals surface area contributed by atoms with Crippen molar-refractivity contribution in [2.45, 2.75) is 12.5 Å². The van der Waals surface area contributed by atoms with Gasteiger partial charge in [0.15, 0.2) is 11.0 Å². The number of hydrogen-bond donors (Lipinski definition) is 0. The molecule has 1 aliphatic heterocycles. The molecule has 4 nitrogen and oxygen atoms in total. The standard InChI is InChI=1S/C8H10Cl2N4S/c1-14(5-2-3-15-4-5)7-6(9)12-13-8(10)11-7/h5H,2-4H2,1H3. The zero-order chi connectivity index (χ0) is 10.8. The summed E-state index contributed by atoms with van der Waals surface area (Å²) in [5.41, 5.74) is 0. The number of halogens is 2. The maximum Gasteiger partial charge on any atom is 0.245 e. The van der Waals surface area contributed by atoms with Gasteiger partial charge >= 0.3 is 0 Å². The molecule has 82 valence electrons. The van der Waals surface area contributed by atoms with Crippen LogP contribution in [0.5, 0.6) is 0 Å². The third-order valence-corrected chi connectivity index (χ3v) is 3.94. The van der Waals surface area contributed by atoms with Gasteiger partial charge < -0.3 is 4.90 Å². The van der Waals surface area contributed by atoms with E-state index in [1.165, 1.54) is 5.75 Å². The Kier molecular flexibility index (Phi) is 3.53. The molecule has 0 N–H and O–H groups in total. The first-order chi connectivity index (χ1) is 7.18. The van der Waals surface area contributed by atoms with Crippen LogP contribution in [0.2, 0.25) is 10.4 Å². The second kappa shape index (κ2) is 4.72. The van der Waals surface area contributed by atoms with Crippen molar-refractivity contribution in [3.8, 4) is 0 Å². The number of anilines is 1. The molecule has 1 aromatic rings. The molecule has 0 aromatic carbocycles. The smallest absolute Gasteiger partial charge is 0.245 e. The topological polar surface area (TPSA) is 41.9 Å². The molecule has 1 aromatic heterocycles. The summed E-state index contributed by atoms with van der Waals surface area (Å²) in [5, 5.41) is 7.77. The monoisotopic (exact) mass is 264 g/mol. The lowest BCUT2D eigenvalue weighted by Gasteiger charge is -2.24. The summed E-state index contributed by atoms with van der Waals surface area (Å²) in [5.74, 6) is 2.89. The molecule has 1 unspecified atom stereocenters. The Balaban J connectivity index is 2.23. The molecule has 0 amide bonds. The normalized spacial score (nSPS) is 20.6. The first-order valence-electron chi connectivity index (χ1n) is 4.55. The van der Waals surface area contributed by atoms with E-state index in [9.17, 15) is 0 Å². The molecule has 0 bridgehead atoms. The first-order valence-corrected chi connectivity index (χ1v) is 6.46. The zero-order valence-corrected chi connectivity index (χ0v) is 10.5. The lowest BCUT2D eigenvalue weighted by molar-refractivity contribution is 0.687. The van der Waals surface area contributed by atoms with E-state index in [0.717, 1.165) is 12.2 Å². The van der Waals surface area contributed by atoms with Crippen LogP contribution in [0.1, 0.15) is 6.42 Å². The van der Waals surface area contributed by atoms with E-state index < -0.39 is 0 Å². The van der Waals surface area contributed by atoms with Crippen molar-refractivity contribution in [2.75, 3.05) is 23.5 Å². The summed E-state index contributed by atoms with van der Waals surface area (Å²) in [6.45, 7) is 0. The maximum atomic E-state index is 5.93. The molecule has 2 rings (SSSR count). The molecule has 0 spiro atoms. The third-order valence-electron chi connectivity index (χ3n) is 2.39. The lowest BCUT2D eigenvalue weighted by atomic mass is 10.2. The van der Waals surface area contributed by atoms with Crippen LogP contribution in [0, 0.1) is 0 Å². The van der Waals surface area contributed by atoms with Crippen LogP contribution >= 0.6 is 35.0 Å². The fourth-order valence-corrected chi connectivity index (χ4v) is 3.11. The summed E-state index contributed by atoms with van der Waals surface area (Å²) >= 11 is 13.6. The van der Waals surface area contributed by atoms with Crippen LogP contribution in [-0.2, 0) is 0 Å². The van der Waals surface area contributed by atoms with Crippen LogP contribution in [0.25, 0.3) is 0 Å². The van der Waals surface area contributed by atoms with Crippen molar-refractivity contribution in [2.24, 2.45) is 0 Å². The lowest BCUT2D eigenvalue weighted by Crippen LogP contribution is -2.32. The van der Waals surface area contributed by atoms with E-state index >= 15 is 0 Å². The van der Waals surface area contributed by atoms with Gasteiger partial charge in [0.2, 0.25) is 5.28 Å². The van der Waals surface area contributed by atoms with Crippen molar-refractivity contribution < 1.29 is 0 Å². The minimum atomic E-state index is 0.131. The number of rotatable bonds is 2.